The summed E-state index contributed by atoms with van der Waals surface area (Å²) in [5.74, 6) is 0.786. The topological polar surface area (TPSA) is 64.9 Å². The van der Waals surface area contributed by atoms with Gasteiger partial charge in [0.05, 0.1) is 12.3 Å². The number of hydrogen-bond donors (Lipinski definition) is 1. The van der Waals surface area contributed by atoms with Crippen molar-refractivity contribution in [3.05, 3.63) is 22.9 Å². The van der Waals surface area contributed by atoms with Crippen molar-refractivity contribution in [1.29, 1.82) is 0 Å². The van der Waals surface area contributed by atoms with Crippen LogP contribution in [0.25, 0.3) is 10.8 Å². The highest BCUT2D eigenvalue weighted by Crippen LogP contribution is 2.28. The number of nitrogens with zero attached hydrogens (tertiary/aromatic N) is 2. The monoisotopic (exact) mass is 209 g/mol. The highest BCUT2D eigenvalue weighted by atomic mass is 32.1. The van der Waals surface area contributed by atoms with Crippen molar-refractivity contribution in [1.82, 2.24) is 10.2 Å². The molecule has 1 atom stereocenters. The first-order valence-electron chi connectivity index (χ1n) is 4.32. The Labute approximate surface area is 85.8 Å². The first-order chi connectivity index (χ1) is 6.68. The molecule has 0 aromatic carbocycles. The molecule has 0 radical (unpaired) electrons. The number of rotatable bonds is 2. The molecule has 0 aliphatic carbocycles. The van der Waals surface area contributed by atoms with E-state index in [4.69, 9.17) is 10.2 Å². The Morgan fingerprint density at radius 2 is 2.29 bits per heavy atom. The van der Waals surface area contributed by atoms with Gasteiger partial charge in [0.1, 0.15) is 5.01 Å². The second-order valence-electron chi connectivity index (χ2n) is 3.17. The normalized spacial score (nSPS) is 13.1. The van der Waals surface area contributed by atoms with E-state index in [2.05, 4.69) is 10.2 Å². The molecule has 2 N–H and O–H groups in total. The minimum atomic E-state index is -0.0727. The van der Waals surface area contributed by atoms with E-state index in [1.165, 1.54) is 11.3 Å². The zero-order valence-electron chi connectivity index (χ0n) is 8.02. The number of furan rings is 1. The molecule has 0 amide bonds. The summed E-state index contributed by atoms with van der Waals surface area (Å²) in [5.41, 5.74) is 6.76. The Morgan fingerprint density at radius 1 is 1.50 bits per heavy atom. The van der Waals surface area contributed by atoms with Gasteiger partial charge in [-0.3, -0.25) is 0 Å². The van der Waals surface area contributed by atoms with Crippen molar-refractivity contribution in [2.24, 2.45) is 5.73 Å². The van der Waals surface area contributed by atoms with Crippen LogP contribution >= 0.6 is 11.3 Å². The van der Waals surface area contributed by atoms with Gasteiger partial charge in [0.2, 0.25) is 0 Å². The molecule has 2 rings (SSSR count). The standard InChI is InChI=1S/C9H11N3OS/c1-5-3-4-13-7(5)9-12-11-8(14-9)6(2)10/h3-4,6H,10H2,1-2H3. The van der Waals surface area contributed by atoms with Crippen LogP contribution in [0.4, 0.5) is 0 Å². The molecule has 0 aliphatic rings. The maximum Gasteiger partial charge on any atom is 0.183 e. The SMILES string of the molecule is Cc1ccoc1-c1nnc(C(C)N)s1. The fourth-order valence-electron chi connectivity index (χ4n) is 1.10. The molecule has 2 aromatic heterocycles. The summed E-state index contributed by atoms with van der Waals surface area (Å²) in [5, 5.41) is 9.65. The molecule has 1 unspecified atom stereocenters. The summed E-state index contributed by atoms with van der Waals surface area (Å²) < 4.78 is 5.31. The summed E-state index contributed by atoms with van der Waals surface area (Å²) in [4.78, 5) is 0. The highest BCUT2D eigenvalue weighted by Gasteiger charge is 2.13. The molecule has 0 spiro atoms. The van der Waals surface area contributed by atoms with Crippen LogP contribution in [0.1, 0.15) is 23.5 Å². The lowest BCUT2D eigenvalue weighted by atomic mass is 10.3. The molecule has 2 heterocycles. The Morgan fingerprint density at radius 3 is 2.79 bits per heavy atom. The molecule has 0 aliphatic heterocycles. The van der Waals surface area contributed by atoms with Crippen molar-refractivity contribution < 1.29 is 4.42 Å². The predicted octanol–water partition coefficient (Wildman–Crippen LogP) is 2.13. The van der Waals surface area contributed by atoms with E-state index >= 15 is 0 Å². The van der Waals surface area contributed by atoms with Crippen molar-refractivity contribution in [3.63, 3.8) is 0 Å². The largest absolute Gasteiger partial charge is 0.461 e. The van der Waals surface area contributed by atoms with Crippen LogP contribution in [-0.4, -0.2) is 10.2 Å². The molecular formula is C9H11N3OS. The van der Waals surface area contributed by atoms with Crippen LogP contribution in [0.3, 0.4) is 0 Å². The lowest BCUT2D eigenvalue weighted by molar-refractivity contribution is 0.579. The summed E-state index contributed by atoms with van der Waals surface area (Å²) in [6.45, 7) is 3.87. The molecule has 4 nitrogen and oxygen atoms in total. The van der Waals surface area contributed by atoms with E-state index in [-0.39, 0.29) is 6.04 Å². The molecule has 74 valence electrons. The zero-order chi connectivity index (χ0) is 10.1. The van der Waals surface area contributed by atoms with Gasteiger partial charge < -0.3 is 10.2 Å². The van der Waals surface area contributed by atoms with Crippen molar-refractivity contribution in [2.75, 3.05) is 0 Å². The first kappa shape index (κ1) is 9.36. The third kappa shape index (κ3) is 1.56. The Balaban J connectivity index is 2.39. The van der Waals surface area contributed by atoms with Crippen molar-refractivity contribution in [3.8, 4) is 10.8 Å². The van der Waals surface area contributed by atoms with Crippen LogP contribution in [0.2, 0.25) is 0 Å². The summed E-state index contributed by atoms with van der Waals surface area (Å²) in [7, 11) is 0. The third-order valence-corrected chi connectivity index (χ3v) is 3.01. The fraction of sp³-hybridized carbons (Fsp3) is 0.333. The molecular weight excluding hydrogens is 198 g/mol. The lowest BCUT2D eigenvalue weighted by Crippen LogP contribution is -2.03. The van der Waals surface area contributed by atoms with Crippen LogP contribution < -0.4 is 5.73 Å². The number of aromatic nitrogens is 2. The summed E-state index contributed by atoms with van der Waals surface area (Å²) in [6.07, 6.45) is 1.65. The molecule has 0 saturated carbocycles. The maximum atomic E-state index is 5.70. The minimum absolute atomic E-state index is 0.0727. The van der Waals surface area contributed by atoms with E-state index in [1.807, 2.05) is 19.9 Å². The minimum Gasteiger partial charge on any atom is -0.461 e. The van der Waals surface area contributed by atoms with Crippen molar-refractivity contribution >= 4 is 11.3 Å². The molecule has 2 aromatic rings. The Hall–Kier alpha value is -1.20. The van der Waals surface area contributed by atoms with E-state index < -0.39 is 0 Å². The van der Waals surface area contributed by atoms with Gasteiger partial charge in [-0.25, -0.2) is 0 Å². The Bertz CT molecular complexity index is 433. The summed E-state index contributed by atoms with van der Waals surface area (Å²) in [6, 6.07) is 1.83. The van der Waals surface area contributed by atoms with Crippen LogP contribution in [-0.2, 0) is 0 Å². The molecule has 0 bridgehead atoms. The zero-order valence-corrected chi connectivity index (χ0v) is 8.84. The van der Waals surface area contributed by atoms with Gasteiger partial charge in [0.15, 0.2) is 10.8 Å². The average molecular weight is 209 g/mol. The third-order valence-electron chi connectivity index (χ3n) is 1.89. The van der Waals surface area contributed by atoms with E-state index in [0.717, 1.165) is 21.3 Å². The van der Waals surface area contributed by atoms with Crippen LogP contribution in [0, 0.1) is 6.92 Å². The molecule has 14 heavy (non-hydrogen) atoms. The second-order valence-corrected chi connectivity index (χ2v) is 4.18. The lowest BCUT2D eigenvalue weighted by Gasteiger charge is -1.94. The number of nitrogens with two attached hydrogens (primary N) is 1. The second kappa shape index (κ2) is 3.51. The average Bonchev–Trinajstić information content (AvgIpc) is 2.71. The molecule has 0 saturated heterocycles. The molecule has 5 heteroatoms. The number of aryl methyl sites for hydroxylation is 1. The van der Waals surface area contributed by atoms with Gasteiger partial charge >= 0.3 is 0 Å². The van der Waals surface area contributed by atoms with Gasteiger partial charge in [0.25, 0.3) is 0 Å². The highest BCUT2D eigenvalue weighted by molar-refractivity contribution is 7.14. The van der Waals surface area contributed by atoms with E-state index in [0.29, 0.717) is 0 Å². The smallest absolute Gasteiger partial charge is 0.183 e. The first-order valence-corrected chi connectivity index (χ1v) is 5.13. The molecule has 0 fully saturated rings. The van der Waals surface area contributed by atoms with E-state index in [9.17, 15) is 0 Å². The predicted molar refractivity (Wildman–Crippen MR) is 55.0 cm³/mol. The van der Waals surface area contributed by atoms with Gasteiger partial charge in [-0.2, -0.15) is 0 Å². The van der Waals surface area contributed by atoms with E-state index in [1.54, 1.807) is 6.26 Å². The maximum absolute atomic E-state index is 5.70. The van der Waals surface area contributed by atoms with Crippen LogP contribution in [0.15, 0.2) is 16.7 Å². The number of hydrogen-bond acceptors (Lipinski definition) is 5. The van der Waals surface area contributed by atoms with Gasteiger partial charge in [-0.1, -0.05) is 11.3 Å². The van der Waals surface area contributed by atoms with Crippen molar-refractivity contribution in [2.45, 2.75) is 19.9 Å². The van der Waals surface area contributed by atoms with Gasteiger partial charge in [-0.05, 0) is 25.5 Å². The van der Waals surface area contributed by atoms with Gasteiger partial charge in [0, 0.05) is 0 Å². The van der Waals surface area contributed by atoms with Gasteiger partial charge in [-0.15, -0.1) is 10.2 Å². The quantitative estimate of drug-likeness (QED) is 0.822. The van der Waals surface area contributed by atoms with Crippen LogP contribution in [0.5, 0.6) is 0 Å². The summed E-state index contributed by atoms with van der Waals surface area (Å²) >= 11 is 1.47. The fourth-order valence-corrected chi connectivity index (χ4v) is 1.95. The Kier molecular flexibility index (Phi) is 2.35.